The molecule has 1 amide bonds. The van der Waals surface area contributed by atoms with Gasteiger partial charge in [-0.05, 0) is 41.0 Å². The SMILES string of the molecule is COC(=O)CCC(=O)N(CCO)CCOC(c1ccccc1)(c1ccc(OC)cc1)c1ccc(OC)cc1. The standard InChI is InChI=1S/C30H35NO7/c1-35-26-13-9-24(10-14-26)30(23-7-5-4-6-8-23,25-11-15-27(36-2)16-12-25)38-22-20-31(19-21-32)28(33)17-18-29(34)37-3/h4-16,32H,17-22H2,1-3H3. The fourth-order valence-corrected chi connectivity index (χ4v) is 4.33. The second kappa shape index (κ2) is 14.2. The van der Waals surface area contributed by atoms with Gasteiger partial charge >= 0.3 is 5.97 Å². The van der Waals surface area contributed by atoms with Crippen LogP contribution in [-0.2, 0) is 24.7 Å². The van der Waals surface area contributed by atoms with Crippen molar-refractivity contribution in [3.63, 3.8) is 0 Å². The molecule has 8 heteroatoms. The molecule has 0 bridgehead atoms. The van der Waals surface area contributed by atoms with Crippen LogP contribution in [0.5, 0.6) is 11.5 Å². The lowest BCUT2D eigenvalue weighted by atomic mass is 9.80. The average Bonchev–Trinajstić information content (AvgIpc) is 2.98. The first-order chi connectivity index (χ1) is 18.5. The normalized spacial score (nSPS) is 11.1. The van der Waals surface area contributed by atoms with E-state index in [-0.39, 0.29) is 45.1 Å². The summed E-state index contributed by atoms with van der Waals surface area (Å²) in [4.78, 5) is 25.8. The molecule has 0 aliphatic carbocycles. The first kappa shape index (κ1) is 28.7. The van der Waals surface area contributed by atoms with Crippen molar-refractivity contribution in [2.24, 2.45) is 0 Å². The van der Waals surface area contributed by atoms with Gasteiger partial charge in [0.15, 0.2) is 0 Å². The molecule has 0 aromatic heterocycles. The second-order valence-electron chi connectivity index (χ2n) is 8.53. The molecule has 3 aromatic rings. The number of amides is 1. The van der Waals surface area contributed by atoms with Gasteiger partial charge in [-0.25, -0.2) is 0 Å². The zero-order valence-corrected chi connectivity index (χ0v) is 22.1. The number of carbonyl (C=O) groups excluding carboxylic acids is 2. The highest BCUT2D eigenvalue weighted by molar-refractivity contribution is 5.81. The van der Waals surface area contributed by atoms with Gasteiger partial charge < -0.3 is 29.0 Å². The van der Waals surface area contributed by atoms with Crippen LogP contribution in [0.2, 0.25) is 0 Å². The third-order valence-electron chi connectivity index (χ3n) is 6.35. The highest BCUT2D eigenvalue weighted by Crippen LogP contribution is 2.41. The maximum atomic E-state index is 12.8. The summed E-state index contributed by atoms with van der Waals surface area (Å²) in [6.07, 6.45) is -0.0305. The Morgan fingerprint density at radius 3 is 1.74 bits per heavy atom. The molecular formula is C30H35NO7. The molecule has 0 aliphatic rings. The lowest BCUT2D eigenvalue weighted by Crippen LogP contribution is -2.40. The number of ether oxygens (including phenoxy) is 4. The Hall–Kier alpha value is -3.88. The number of hydrogen-bond acceptors (Lipinski definition) is 7. The summed E-state index contributed by atoms with van der Waals surface area (Å²) in [5.74, 6) is 0.722. The van der Waals surface area contributed by atoms with E-state index >= 15 is 0 Å². The number of aliphatic hydroxyl groups is 1. The van der Waals surface area contributed by atoms with E-state index in [0.717, 1.165) is 28.2 Å². The number of carbonyl (C=O) groups is 2. The van der Waals surface area contributed by atoms with Crippen LogP contribution >= 0.6 is 0 Å². The smallest absolute Gasteiger partial charge is 0.306 e. The van der Waals surface area contributed by atoms with Crippen LogP contribution < -0.4 is 9.47 Å². The van der Waals surface area contributed by atoms with Gasteiger partial charge in [0.2, 0.25) is 5.91 Å². The van der Waals surface area contributed by atoms with E-state index in [2.05, 4.69) is 4.74 Å². The number of nitrogens with zero attached hydrogens (tertiary/aromatic N) is 1. The summed E-state index contributed by atoms with van der Waals surface area (Å²) in [7, 11) is 4.52. The zero-order valence-electron chi connectivity index (χ0n) is 22.1. The molecule has 38 heavy (non-hydrogen) atoms. The Morgan fingerprint density at radius 2 is 1.26 bits per heavy atom. The first-order valence-corrected chi connectivity index (χ1v) is 12.4. The minimum absolute atomic E-state index is 0.00649. The van der Waals surface area contributed by atoms with Gasteiger partial charge in [0.05, 0.1) is 41.0 Å². The van der Waals surface area contributed by atoms with E-state index in [9.17, 15) is 14.7 Å². The molecule has 0 unspecified atom stereocenters. The van der Waals surface area contributed by atoms with Gasteiger partial charge in [-0.2, -0.15) is 0 Å². The fraction of sp³-hybridized carbons (Fsp3) is 0.333. The zero-order chi connectivity index (χ0) is 27.4. The van der Waals surface area contributed by atoms with Crippen LogP contribution in [0.3, 0.4) is 0 Å². The van der Waals surface area contributed by atoms with E-state index in [4.69, 9.17) is 14.2 Å². The van der Waals surface area contributed by atoms with Crippen molar-refractivity contribution in [1.29, 1.82) is 0 Å². The summed E-state index contributed by atoms with van der Waals surface area (Å²) in [6, 6.07) is 25.2. The van der Waals surface area contributed by atoms with Crippen molar-refractivity contribution >= 4 is 11.9 Å². The third kappa shape index (κ3) is 6.90. The van der Waals surface area contributed by atoms with Crippen LogP contribution in [-0.4, -0.2) is 69.5 Å². The van der Waals surface area contributed by atoms with Gasteiger partial charge in [-0.3, -0.25) is 9.59 Å². The van der Waals surface area contributed by atoms with Crippen LogP contribution in [0, 0.1) is 0 Å². The quantitative estimate of drug-likeness (QED) is 0.255. The first-order valence-electron chi connectivity index (χ1n) is 12.4. The van der Waals surface area contributed by atoms with E-state index in [0.29, 0.717) is 0 Å². The van der Waals surface area contributed by atoms with Gasteiger partial charge in [-0.15, -0.1) is 0 Å². The third-order valence-corrected chi connectivity index (χ3v) is 6.35. The lowest BCUT2D eigenvalue weighted by molar-refractivity contribution is -0.144. The van der Waals surface area contributed by atoms with E-state index < -0.39 is 11.6 Å². The Balaban J connectivity index is 1.99. The largest absolute Gasteiger partial charge is 0.497 e. The summed E-state index contributed by atoms with van der Waals surface area (Å²) in [6.45, 7) is 0.315. The molecule has 0 saturated carbocycles. The van der Waals surface area contributed by atoms with Gasteiger partial charge in [0.25, 0.3) is 0 Å². The molecule has 3 rings (SSSR count). The Morgan fingerprint density at radius 1 is 0.737 bits per heavy atom. The molecule has 3 aromatic carbocycles. The maximum absolute atomic E-state index is 12.8. The summed E-state index contributed by atoms with van der Waals surface area (Å²) >= 11 is 0. The molecular weight excluding hydrogens is 486 g/mol. The van der Waals surface area contributed by atoms with E-state index in [1.165, 1.54) is 12.0 Å². The van der Waals surface area contributed by atoms with E-state index in [1.807, 2.05) is 78.9 Å². The van der Waals surface area contributed by atoms with Crippen molar-refractivity contribution < 1.29 is 33.6 Å². The minimum atomic E-state index is -1.01. The molecule has 0 radical (unpaired) electrons. The number of rotatable bonds is 14. The van der Waals surface area contributed by atoms with Crippen LogP contribution in [0.4, 0.5) is 0 Å². The van der Waals surface area contributed by atoms with Crippen molar-refractivity contribution in [2.45, 2.75) is 18.4 Å². The predicted octanol–water partition coefficient (Wildman–Crippen LogP) is 3.79. The number of methoxy groups -OCH3 is 3. The molecule has 1 N–H and O–H groups in total. The molecule has 0 saturated heterocycles. The molecule has 0 atom stereocenters. The van der Waals surface area contributed by atoms with Gasteiger partial charge in [0.1, 0.15) is 17.1 Å². The van der Waals surface area contributed by atoms with Gasteiger partial charge in [-0.1, -0.05) is 54.6 Å². The topological polar surface area (TPSA) is 94.5 Å². The molecule has 0 heterocycles. The molecule has 0 fully saturated rings. The number of hydrogen-bond donors (Lipinski definition) is 1. The van der Waals surface area contributed by atoms with Crippen LogP contribution in [0.15, 0.2) is 78.9 Å². The summed E-state index contributed by atoms with van der Waals surface area (Å²) in [5, 5.41) is 9.55. The highest BCUT2D eigenvalue weighted by Gasteiger charge is 2.38. The van der Waals surface area contributed by atoms with Crippen LogP contribution in [0.25, 0.3) is 0 Å². The van der Waals surface area contributed by atoms with Crippen LogP contribution in [0.1, 0.15) is 29.5 Å². The number of aliphatic hydroxyl groups excluding tert-OH is 1. The predicted molar refractivity (Wildman–Crippen MR) is 143 cm³/mol. The fourth-order valence-electron chi connectivity index (χ4n) is 4.33. The van der Waals surface area contributed by atoms with Crippen molar-refractivity contribution in [3.05, 3.63) is 95.6 Å². The molecule has 202 valence electrons. The Labute approximate surface area is 223 Å². The molecule has 8 nitrogen and oxygen atoms in total. The van der Waals surface area contributed by atoms with Crippen molar-refractivity contribution in [3.8, 4) is 11.5 Å². The second-order valence-corrected chi connectivity index (χ2v) is 8.53. The Bertz CT molecular complexity index is 1100. The summed E-state index contributed by atoms with van der Waals surface area (Å²) < 4.78 is 22.2. The lowest BCUT2D eigenvalue weighted by Gasteiger charge is -2.37. The molecule has 0 spiro atoms. The Kier molecular flexibility index (Phi) is 10.7. The van der Waals surface area contributed by atoms with Gasteiger partial charge in [0, 0.05) is 19.5 Å². The minimum Gasteiger partial charge on any atom is -0.497 e. The van der Waals surface area contributed by atoms with Crippen molar-refractivity contribution in [2.75, 3.05) is 47.6 Å². The van der Waals surface area contributed by atoms with Crippen molar-refractivity contribution in [1.82, 2.24) is 4.90 Å². The summed E-state index contributed by atoms with van der Waals surface area (Å²) in [5.41, 5.74) is 1.64. The molecule has 0 aliphatic heterocycles. The average molecular weight is 522 g/mol. The number of esters is 1. The highest BCUT2D eigenvalue weighted by atomic mass is 16.5. The number of benzene rings is 3. The maximum Gasteiger partial charge on any atom is 0.306 e. The monoisotopic (exact) mass is 521 g/mol. The van der Waals surface area contributed by atoms with E-state index in [1.54, 1.807) is 14.2 Å².